The van der Waals surface area contributed by atoms with Gasteiger partial charge in [-0.1, -0.05) is 24.3 Å². The van der Waals surface area contributed by atoms with Crippen LogP contribution in [0.25, 0.3) is 0 Å². The van der Waals surface area contributed by atoms with E-state index >= 15 is 0 Å². The van der Waals surface area contributed by atoms with Crippen molar-refractivity contribution in [1.82, 2.24) is 4.90 Å². The minimum absolute atomic E-state index is 0.0965. The molecule has 3 aromatic rings. The maximum Gasteiger partial charge on any atom is 0.338 e. The SMILES string of the molecule is CC(C(=O)OCC(=O)Nc1ccccc1F)N1C(=O)c2ccc(C(=O)OCC(=O)Nc3ccccc3F)cc2C1=O. The predicted octanol–water partition coefficient (Wildman–Crippen LogP) is 2.93. The summed E-state index contributed by atoms with van der Waals surface area (Å²) in [4.78, 5) is 75.5. The summed E-state index contributed by atoms with van der Waals surface area (Å²) in [5.41, 5.74) is -0.681. The van der Waals surface area contributed by atoms with Gasteiger partial charge in [-0.3, -0.25) is 24.1 Å². The number of benzene rings is 3. The summed E-state index contributed by atoms with van der Waals surface area (Å²) in [6.45, 7) is -0.347. The van der Waals surface area contributed by atoms with Gasteiger partial charge in [0.25, 0.3) is 23.6 Å². The Hall–Kier alpha value is -5.46. The van der Waals surface area contributed by atoms with Crippen molar-refractivity contribution >= 4 is 46.9 Å². The zero-order valence-corrected chi connectivity index (χ0v) is 21.3. The first-order chi connectivity index (χ1) is 19.6. The predicted molar refractivity (Wildman–Crippen MR) is 138 cm³/mol. The molecular weight excluding hydrogens is 544 g/mol. The van der Waals surface area contributed by atoms with Gasteiger partial charge in [-0.15, -0.1) is 0 Å². The van der Waals surface area contributed by atoms with Crippen molar-refractivity contribution in [2.24, 2.45) is 0 Å². The van der Waals surface area contributed by atoms with Crippen LogP contribution in [0.3, 0.4) is 0 Å². The van der Waals surface area contributed by atoms with Crippen molar-refractivity contribution in [2.75, 3.05) is 23.8 Å². The highest BCUT2D eigenvalue weighted by Crippen LogP contribution is 2.26. The van der Waals surface area contributed by atoms with Gasteiger partial charge in [-0.05, 0) is 49.4 Å². The molecule has 0 radical (unpaired) electrons. The van der Waals surface area contributed by atoms with Crippen molar-refractivity contribution in [2.45, 2.75) is 13.0 Å². The first-order valence-electron chi connectivity index (χ1n) is 12.0. The molecule has 1 aliphatic heterocycles. The number of fused-ring (bicyclic) bond motifs is 1. The fourth-order valence-electron chi connectivity index (χ4n) is 3.81. The van der Waals surface area contributed by atoms with Gasteiger partial charge in [0.2, 0.25) is 0 Å². The van der Waals surface area contributed by atoms with Crippen LogP contribution in [0.1, 0.15) is 38.0 Å². The fraction of sp³-hybridized carbons (Fsp3) is 0.143. The van der Waals surface area contributed by atoms with Crippen LogP contribution in [-0.4, -0.2) is 59.7 Å². The lowest BCUT2D eigenvalue weighted by molar-refractivity contribution is -0.150. The van der Waals surface area contributed by atoms with E-state index in [9.17, 15) is 37.5 Å². The summed E-state index contributed by atoms with van der Waals surface area (Å²) < 4.78 is 37.2. The van der Waals surface area contributed by atoms with Gasteiger partial charge in [0.15, 0.2) is 13.2 Å². The number of carbonyl (C=O) groups excluding carboxylic acids is 6. The number of rotatable bonds is 9. The first kappa shape index (κ1) is 28.5. The van der Waals surface area contributed by atoms with Gasteiger partial charge in [0.05, 0.1) is 28.1 Å². The second-order valence-electron chi connectivity index (χ2n) is 8.66. The number of nitrogens with zero attached hydrogens (tertiary/aromatic N) is 1. The highest BCUT2D eigenvalue weighted by molar-refractivity contribution is 6.23. The molecule has 1 atom stereocenters. The molecule has 0 saturated heterocycles. The van der Waals surface area contributed by atoms with Crippen molar-refractivity contribution in [3.63, 3.8) is 0 Å². The van der Waals surface area contributed by atoms with E-state index in [1.54, 1.807) is 0 Å². The zero-order chi connectivity index (χ0) is 29.7. The molecule has 4 amide bonds. The van der Waals surface area contributed by atoms with E-state index in [4.69, 9.17) is 9.47 Å². The molecule has 210 valence electrons. The number of anilines is 2. The minimum Gasteiger partial charge on any atom is -0.454 e. The fourth-order valence-corrected chi connectivity index (χ4v) is 3.81. The summed E-state index contributed by atoms with van der Waals surface area (Å²) in [7, 11) is 0. The number of imide groups is 1. The number of hydrogen-bond acceptors (Lipinski definition) is 8. The van der Waals surface area contributed by atoms with E-state index in [0.717, 1.165) is 18.2 Å². The van der Waals surface area contributed by atoms with Gasteiger partial charge >= 0.3 is 11.9 Å². The molecule has 0 fully saturated rings. The van der Waals surface area contributed by atoms with E-state index in [0.29, 0.717) is 4.90 Å². The maximum atomic E-state index is 13.7. The molecule has 2 N–H and O–H groups in total. The lowest BCUT2D eigenvalue weighted by Gasteiger charge is -2.20. The molecule has 0 aromatic heterocycles. The second-order valence-corrected chi connectivity index (χ2v) is 8.66. The number of esters is 2. The Morgan fingerprint density at radius 1 is 0.756 bits per heavy atom. The Bertz CT molecular complexity index is 1580. The topological polar surface area (TPSA) is 148 Å². The number of carbonyl (C=O) groups is 6. The molecule has 0 spiro atoms. The monoisotopic (exact) mass is 565 g/mol. The average molecular weight is 565 g/mol. The van der Waals surface area contributed by atoms with Crippen LogP contribution in [0, 0.1) is 11.6 Å². The van der Waals surface area contributed by atoms with Crippen LogP contribution < -0.4 is 10.6 Å². The minimum atomic E-state index is -1.44. The molecule has 3 aromatic carbocycles. The van der Waals surface area contributed by atoms with Gasteiger partial charge in [0, 0.05) is 0 Å². The Kier molecular flexibility index (Phi) is 8.46. The largest absolute Gasteiger partial charge is 0.454 e. The zero-order valence-electron chi connectivity index (χ0n) is 21.3. The van der Waals surface area contributed by atoms with Crippen LogP contribution in [0.5, 0.6) is 0 Å². The first-order valence-corrected chi connectivity index (χ1v) is 12.0. The summed E-state index contributed by atoms with van der Waals surface area (Å²) >= 11 is 0. The number of amides is 4. The second kappa shape index (κ2) is 12.2. The molecule has 0 aliphatic carbocycles. The standard InChI is InChI=1S/C28H21F2N3O8/c1-15(27(38)40-13-23(34)31-21-8-4-2-6-19(21)29)33-25(36)17-11-10-16(12-18(17)26(33)37)28(39)41-14-24(35)32-22-9-5-3-7-20(22)30/h2-12,15H,13-14H2,1H3,(H,31,34)(H,32,35). The molecule has 4 rings (SSSR count). The van der Waals surface area contributed by atoms with E-state index in [-0.39, 0.29) is 28.1 Å². The quantitative estimate of drug-likeness (QED) is 0.297. The number of hydrogen-bond donors (Lipinski definition) is 2. The van der Waals surface area contributed by atoms with Crippen LogP contribution in [-0.2, 0) is 23.9 Å². The van der Waals surface area contributed by atoms with Gasteiger partial charge in [-0.2, -0.15) is 0 Å². The van der Waals surface area contributed by atoms with Crippen LogP contribution in [0.15, 0.2) is 66.7 Å². The number of ether oxygens (including phenoxy) is 2. The Labute approximate surface area is 231 Å². The highest BCUT2D eigenvalue weighted by Gasteiger charge is 2.42. The molecule has 1 unspecified atom stereocenters. The Morgan fingerprint density at radius 2 is 1.27 bits per heavy atom. The molecule has 11 nitrogen and oxygen atoms in total. The maximum absolute atomic E-state index is 13.7. The summed E-state index contributed by atoms with van der Waals surface area (Å²) in [5, 5.41) is 4.48. The molecular formula is C28H21F2N3O8. The summed E-state index contributed by atoms with van der Waals surface area (Å²) in [5.74, 6) is -6.84. The van der Waals surface area contributed by atoms with Gasteiger partial charge in [-0.25, -0.2) is 18.4 Å². The van der Waals surface area contributed by atoms with E-state index in [2.05, 4.69) is 10.6 Å². The van der Waals surface area contributed by atoms with Crippen LogP contribution in [0.2, 0.25) is 0 Å². The molecule has 1 aliphatic rings. The van der Waals surface area contributed by atoms with Crippen molar-refractivity contribution in [3.8, 4) is 0 Å². The van der Waals surface area contributed by atoms with Crippen LogP contribution in [0.4, 0.5) is 20.2 Å². The normalized spacial score (nSPS) is 12.8. The molecule has 1 heterocycles. The molecule has 41 heavy (non-hydrogen) atoms. The van der Waals surface area contributed by atoms with E-state index in [1.165, 1.54) is 55.5 Å². The van der Waals surface area contributed by atoms with Crippen molar-refractivity contribution < 1.29 is 47.0 Å². The third kappa shape index (κ3) is 6.41. The third-order valence-electron chi connectivity index (χ3n) is 5.86. The third-order valence-corrected chi connectivity index (χ3v) is 5.86. The molecule has 13 heteroatoms. The van der Waals surface area contributed by atoms with Gasteiger partial charge < -0.3 is 20.1 Å². The highest BCUT2D eigenvalue weighted by atomic mass is 19.1. The number of nitrogens with one attached hydrogen (secondary N) is 2. The molecule has 0 saturated carbocycles. The summed E-state index contributed by atoms with van der Waals surface area (Å²) in [6, 6.07) is 12.8. The average Bonchev–Trinajstić information content (AvgIpc) is 3.21. The smallest absolute Gasteiger partial charge is 0.338 e. The number of halogens is 2. The lowest BCUT2D eigenvalue weighted by atomic mass is 10.1. The van der Waals surface area contributed by atoms with Crippen LogP contribution >= 0.6 is 0 Å². The number of para-hydroxylation sites is 2. The Morgan fingerprint density at radius 3 is 1.83 bits per heavy atom. The molecule has 0 bridgehead atoms. The van der Waals surface area contributed by atoms with E-state index in [1.807, 2.05) is 0 Å². The Balaban J connectivity index is 1.34. The van der Waals surface area contributed by atoms with Crippen molar-refractivity contribution in [1.29, 1.82) is 0 Å². The van der Waals surface area contributed by atoms with Gasteiger partial charge in [0.1, 0.15) is 17.7 Å². The lowest BCUT2D eigenvalue weighted by Crippen LogP contribution is -2.44. The van der Waals surface area contributed by atoms with Crippen molar-refractivity contribution in [3.05, 3.63) is 95.1 Å². The van der Waals surface area contributed by atoms with E-state index < -0.39 is 66.5 Å². The summed E-state index contributed by atoms with van der Waals surface area (Å²) in [6.07, 6.45) is 0.